The van der Waals surface area contributed by atoms with E-state index >= 15 is 0 Å². The summed E-state index contributed by atoms with van der Waals surface area (Å²) in [6, 6.07) is 21.5. The lowest BCUT2D eigenvalue weighted by Gasteiger charge is -2.36. The van der Waals surface area contributed by atoms with Crippen LogP contribution in [0.3, 0.4) is 0 Å². The van der Waals surface area contributed by atoms with Crippen molar-refractivity contribution in [2.75, 3.05) is 36.0 Å². The average Bonchev–Trinajstić information content (AvgIpc) is 2.79. The van der Waals surface area contributed by atoms with Crippen LogP contribution in [0.15, 0.2) is 79.1 Å². The molecule has 0 aliphatic carbocycles. The zero-order valence-corrected chi connectivity index (χ0v) is 16.0. The summed E-state index contributed by atoms with van der Waals surface area (Å²) < 4.78 is 14.1. The molecule has 4 nitrogen and oxygen atoms in total. The van der Waals surface area contributed by atoms with E-state index in [0.29, 0.717) is 5.69 Å². The zero-order chi connectivity index (χ0) is 19.6. The molecule has 5 heteroatoms. The second-order valence-electron chi connectivity index (χ2n) is 7.21. The predicted molar refractivity (Wildman–Crippen MR) is 116 cm³/mol. The first-order valence-electron chi connectivity index (χ1n) is 9.84. The molecule has 4 aromatic rings. The molecule has 3 aromatic carbocycles. The van der Waals surface area contributed by atoms with E-state index in [0.717, 1.165) is 43.3 Å². The van der Waals surface area contributed by atoms with E-state index in [1.807, 2.05) is 36.7 Å². The summed E-state index contributed by atoms with van der Waals surface area (Å²) in [6.45, 7) is 3.06. The molecule has 2 heterocycles. The van der Waals surface area contributed by atoms with Gasteiger partial charge in [-0.1, -0.05) is 54.6 Å². The molecule has 0 atom stereocenters. The largest absolute Gasteiger partial charge is 0.366 e. The summed E-state index contributed by atoms with van der Waals surface area (Å²) in [5.74, 6) is 0.697. The second-order valence-corrected chi connectivity index (χ2v) is 7.21. The first kappa shape index (κ1) is 17.6. The molecule has 0 N–H and O–H groups in total. The number of benzene rings is 3. The molecular weight excluding hydrogens is 363 g/mol. The highest BCUT2D eigenvalue weighted by atomic mass is 19.1. The lowest BCUT2D eigenvalue weighted by Crippen LogP contribution is -2.47. The average molecular weight is 384 g/mol. The van der Waals surface area contributed by atoms with Gasteiger partial charge in [0, 0.05) is 31.7 Å². The third-order valence-electron chi connectivity index (χ3n) is 5.48. The number of aromatic nitrogens is 2. The summed E-state index contributed by atoms with van der Waals surface area (Å²) in [4.78, 5) is 13.7. The molecule has 0 unspecified atom stereocenters. The van der Waals surface area contributed by atoms with Crippen molar-refractivity contribution in [3.63, 3.8) is 0 Å². The van der Waals surface area contributed by atoms with Crippen molar-refractivity contribution >= 4 is 22.3 Å². The number of hydrogen-bond donors (Lipinski definition) is 0. The fourth-order valence-electron chi connectivity index (χ4n) is 3.97. The van der Waals surface area contributed by atoms with Crippen molar-refractivity contribution in [2.45, 2.75) is 0 Å². The normalized spacial score (nSPS) is 14.4. The van der Waals surface area contributed by atoms with Crippen molar-refractivity contribution in [1.29, 1.82) is 0 Å². The van der Waals surface area contributed by atoms with Gasteiger partial charge in [0.15, 0.2) is 0 Å². The Hall–Kier alpha value is -3.47. The Morgan fingerprint density at radius 2 is 1.45 bits per heavy atom. The van der Waals surface area contributed by atoms with Crippen LogP contribution in [0.1, 0.15) is 0 Å². The summed E-state index contributed by atoms with van der Waals surface area (Å²) in [5, 5.41) is 2.36. The molecule has 0 saturated carbocycles. The number of piperazine rings is 1. The monoisotopic (exact) mass is 384 g/mol. The van der Waals surface area contributed by atoms with Crippen molar-refractivity contribution < 1.29 is 4.39 Å². The van der Waals surface area contributed by atoms with Crippen LogP contribution in [0.2, 0.25) is 0 Å². The van der Waals surface area contributed by atoms with Gasteiger partial charge in [0.2, 0.25) is 0 Å². The van der Waals surface area contributed by atoms with Crippen LogP contribution in [0.25, 0.3) is 22.0 Å². The van der Waals surface area contributed by atoms with Gasteiger partial charge in [-0.15, -0.1) is 0 Å². The molecule has 1 aromatic heterocycles. The Kier molecular flexibility index (Phi) is 4.56. The van der Waals surface area contributed by atoms with Gasteiger partial charge in [-0.2, -0.15) is 0 Å². The fourth-order valence-corrected chi connectivity index (χ4v) is 3.97. The summed E-state index contributed by atoms with van der Waals surface area (Å²) >= 11 is 0. The Morgan fingerprint density at radius 1 is 0.724 bits per heavy atom. The van der Waals surface area contributed by atoms with Gasteiger partial charge in [-0.3, -0.25) is 4.98 Å². The van der Waals surface area contributed by atoms with Crippen LogP contribution in [0.5, 0.6) is 0 Å². The third kappa shape index (κ3) is 3.40. The highest BCUT2D eigenvalue weighted by molar-refractivity contribution is 5.95. The number of fused-ring (bicyclic) bond motifs is 1. The smallest absolute Gasteiger partial charge is 0.147 e. The van der Waals surface area contributed by atoms with Gasteiger partial charge in [0.05, 0.1) is 23.8 Å². The van der Waals surface area contributed by atoms with E-state index in [4.69, 9.17) is 4.98 Å². The SMILES string of the molecule is Fc1ccccc1N1CCN(c2cncc(-c3cccc4ccccc34)n2)CC1. The Labute approximate surface area is 169 Å². The maximum atomic E-state index is 14.1. The number of halogens is 1. The maximum absolute atomic E-state index is 14.1. The molecule has 1 aliphatic heterocycles. The minimum absolute atomic E-state index is 0.168. The van der Waals surface area contributed by atoms with E-state index in [2.05, 4.69) is 45.1 Å². The van der Waals surface area contributed by atoms with Gasteiger partial charge < -0.3 is 9.80 Å². The van der Waals surface area contributed by atoms with E-state index in [-0.39, 0.29) is 5.82 Å². The first-order chi connectivity index (χ1) is 14.3. The zero-order valence-electron chi connectivity index (χ0n) is 16.0. The Balaban J connectivity index is 1.39. The number of anilines is 2. The van der Waals surface area contributed by atoms with Crippen LogP contribution in [0, 0.1) is 5.82 Å². The molecule has 0 amide bonds. The van der Waals surface area contributed by atoms with Crippen molar-refractivity contribution in [2.24, 2.45) is 0 Å². The number of hydrogen-bond acceptors (Lipinski definition) is 4. The highest BCUT2D eigenvalue weighted by Gasteiger charge is 2.21. The van der Waals surface area contributed by atoms with Crippen LogP contribution >= 0.6 is 0 Å². The minimum atomic E-state index is -0.168. The van der Waals surface area contributed by atoms with Crippen LogP contribution in [0.4, 0.5) is 15.9 Å². The van der Waals surface area contributed by atoms with E-state index < -0.39 is 0 Å². The molecule has 0 spiro atoms. The standard InChI is InChI=1S/C24H21FN4/c25-21-10-3-4-11-23(21)28-12-14-29(15-13-28)24-17-26-16-22(27-24)20-9-5-7-18-6-1-2-8-19(18)20/h1-11,16-17H,12-15H2. The fraction of sp³-hybridized carbons (Fsp3) is 0.167. The van der Waals surface area contributed by atoms with E-state index in [9.17, 15) is 4.39 Å². The first-order valence-corrected chi connectivity index (χ1v) is 9.84. The third-order valence-corrected chi connectivity index (χ3v) is 5.48. The van der Waals surface area contributed by atoms with Crippen LogP contribution in [-0.4, -0.2) is 36.1 Å². The summed E-state index contributed by atoms with van der Waals surface area (Å²) in [6.07, 6.45) is 3.63. The molecule has 29 heavy (non-hydrogen) atoms. The van der Waals surface area contributed by atoms with Gasteiger partial charge >= 0.3 is 0 Å². The van der Waals surface area contributed by atoms with Crippen LogP contribution in [-0.2, 0) is 0 Å². The molecule has 1 fully saturated rings. The Morgan fingerprint density at radius 3 is 2.31 bits per heavy atom. The molecule has 144 valence electrons. The maximum Gasteiger partial charge on any atom is 0.147 e. The van der Waals surface area contributed by atoms with Crippen LogP contribution < -0.4 is 9.80 Å². The molecule has 0 radical (unpaired) electrons. The van der Waals surface area contributed by atoms with Gasteiger partial charge in [-0.25, -0.2) is 9.37 Å². The summed E-state index contributed by atoms with van der Waals surface area (Å²) in [7, 11) is 0. The molecule has 1 saturated heterocycles. The Bertz CT molecular complexity index is 1150. The number of rotatable bonds is 3. The van der Waals surface area contributed by atoms with Gasteiger partial charge in [0.25, 0.3) is 0 Å². The predicted octanol–water partition coefficient (Wildman–Crippen LogP) is 4.76. The number of nitrogens with zero attached hydrogens (tertiary/aromatic N) is 4. The highest BCUT2D eigenvalue weighted by Crippen LogP contribution is 2.28. The molecule has 1 aliphatic rings. The van der Waals surface area contributed by atoms with Gasteiger partial charge in [-0.05, 0) is 22.9 Å². The van der Waals surface area contributed by atoms with E-state index in [1.165, 1.54) is 16.8 Å². The van der Waals surface area contributed by atoms with E-state index in [1.54, 1.807) is 6.07 Å². The van der Waals surface area contributed by atoms with Crippen molar-refractivity contribution in [1.82, 2.24) is 9.97 Å². The van der Waals surface area contributed by atoms with Crippen molar-refractivity contribution in [3.05, 3.63) is 84.9 Å². The van der Waals surface area contributed by atoms with Crippen molar-refractivity contribution in [3.8, 4) is 11.3 Å². The second kappa shape index (κ2) is 7.51. The molecule has 0 bridgehead atoms. The lowest BCUT2D eigenvalue weighted by molar-refractivity contribution is 0.596. The quantitative estimate of drug-likeness (QED) is 0.510. The minimum Gasteiger partial charge on any atom is -0.366 e. The topological polar surface area (TPSA) is 32.3 Å². The molecular formula is C24H21FN4. The summed E-state index contributed by atoms with van der Waals surface area (Å²) in [5.41, 5.74) is 2.63. The number of para-hydroxylation sites is 1. The molecule has 5 rings (SSSR count). The lowest BCUT2D eigenvalue weighted by atomic mass is 10.0. The van der Waals surface area contributed by atoms with Gasteiger partial charge in [0.1, 0.15) is 11.6 Å².